The topological polar surface area (TPSA) is 35.2 Å². The molecule has 1 aromatic rings. The molecule has 0 radical (unpaired) electrons. The van der Waals surface area contributed by atoms with Gasteiger partial charge in [-0.25, -0.2) is 0 Å². The zero-order chi connectivity index (χ0) is 13.5. The second kappa shape index (κ2) is 7.54. The van der Waals surface area contributed by atoms with Crippen molar-refractivity contribution in [2.45, 2.75) is 51.4 Å². The van der Waals surface area contributed by atoms with Crippen molar-refractivity contribution < 1.29 is 4.74 Å². The Hall–Kier alpha value is -1.02. The van der Waals surface area contributed by atoms with Gasteiger partial charge in [0.05, 0.1) is 6.61 Å². The molecule has 1 aliphatic rings. The number of benzene rings is 1. The minimum absolute atomic E-state index is 0.528. The van der Waals surface area contributed by atoms with Crippen LogP contribution in [0.5, 0.6) is 5.75 Å². The highest BCUT2D eigenvalue weighted by molar-refractivity contribution is 5.30. The van der Waals surface area contributed by atoms with Gasteiger partial charge in [-0.2, -0.15) is 0 Å². The summed E-state index contributed by atoms with van der Waals surface area (Å²) in [6.07, 6.45) is 7.89. The van der Waals surface area contributed by atoms with E-state index in [9.17, 15) is 0 Å². The Morgan fingerprint density at radius 2 is 1.84 bits per heavy atom. The van der Waals surface area contributed by atoms with Gasteiger partial charge in [0.1, 0.15) is 5.75 Å². The first-order valence-corrected chi connectivity index (χ1v) is 7.78. The summed E-state index contributed by atoms with van der Waals surface area (Å²) >= 11 is 0. The van der Waals surface area contributed by atoms with E-state index in [1.165, 1.54) is 37.7 Å². The minimum atomic E-state index is 0.528. The van der Waals surface area contributed by atoms with Crippen molar-refractivity contribution in [1.82, 2.24) is 0 Å². The van der Waals surface area contributed by atoms with E-state index >= 15 is 0 Å². The second-order valence-electron chi connectivity index (χ2n) is 5.66. The van der Waals surface area contributed by atoms with Gasteiger partial charge in [-0.05, 0) is 55.3 Å². The summed E-state index contributed by atoms with van der Waals surface area (Å²) in [6, 6.07) is 8.60. The quantitative estimate of drug-likeness (QED) is 0.836. The number of rotatable bonds is 6. The normalized spacial score (nSPS) is 18.2. The standard InChI is InChI=1S/C17H27NO/c1-2-12-19-16-10-8-15(9-11-16)17(13-18)14-6-4-3-5-7-14/h8-11,14,17H,2-7,12-13,18H2,1H3. The van der Waals surface area contributed by atoms with Crippen molar-refractivity contribution >= 4 is 0 Å². The van der Waals surface area contributed by atoms with Crippen LogP contribution >= 0.6 is 0 Å². The number of nitrogens with two attached hydrogens (primary N) is 1. The first-order valence-electron chi connectivity index (χ1n) is 7.78. The van der Waals surface area contributed by atoms with Crippen LogP contribution in [0.15, 0.2) is 24.3 Å². The van der Waals surface area contributed by atoms with E-state index in [2.05, 4.69) is 31.2 Å². The van der Waals surface area contributed by atoms with Crippen LogP contribution in [-0.2, 0) is 0 Å². The highest BCUT2D eigenvalue weighted by atomic mass is 16.5. The monoisotopic (exact) mass is 261 g/mol. The molecule has 2 heteroatoms. The molecule has 0 amide bonds. The maximum absolute atomic E-state index is 6.02. The van der Waals surface area contributed by atoms with E-state index < -0.39 is 0 Å². The maximum Gasteiger partial charge on any atom is 0.119 e. The Morgan fingerprint density at radius 1 is 1.16 bits per heavy atom. The molecule has 0 aromatic heterocycles. The van der Waals surface area contributed by atoms with E-state index in [1.807, 2.05) is 0 Å². The molecule has 1 atom stereocenters. The molecule has 0 bridgehead atoms. The molecule has 0 saturated heterocycles. The summed E-state index contributed by atoms with van der Waals surface area (Å²) in [4.78, 5) is 0. The van der Waals surface area contributed by atoms with Gasteiger partial charge in [-0.3, -0.25) is 0 Å². The Labute approximate surface area is 117 Å². The molecule has 1 saturated carbocycles. The van der Waals surface area contributed by atoms with E-state index in [-0.39, 0.29) is 0 Å². The maximum atomic E-state index is 6.02. The average Bonchev–Trinajstić information content (AvgIpc) is 2.48. The fraction of sp³-hybridized carbons (Fsp3) is 0.647. The largest absolute Gasteiger partial charge is 0.494 e. The average molecular weight is 261 g/mol. The lowest BCUT2D eigenvalue weighted by Crippen LogP contribution is -2.23. The Kier molecular flexibility index (Phi) is 5.71. The van der Waals surface area contributed by atoms with Crippen LogP contribution in [0.1, 0.15) is 56.9 Å². The summed E-state index contributed by atoms with van der Waals surface area (Å²) in [7, 11) is 0. The van der Waals surface area contributed by atoms with Gasteiger partial charge >= 0.3 is 0 Å². The fourth-order valence-electron chi connectivity index (χ4n) is 3.17. The molecule has 1 fully saturated rings. The molecule has 106 valence electrons. The molecule has 0 heterocycles. The molecule has 0 spiro atoms. The predicted octanol–water partition coefficient (Wildman–Crippen LogP) is 4.10. The third-order valence-corrected chi connectivity index (χ3v) is 4.25. The minimum Gasteiger partial charge on any atom is -0.494 e. The molecule has 2 rings (SSSR count). The number of ether oxygens (including phenoxy) is 1. The fourth-order valence-corrected chi connectivity index (χ4v) is 3.17. The summed E-state index contributed by atoms with van der Waals surface area (Å²) < 4.78 is 5.64. The lowest BCUT2D eigenvalue weighted by Gasteiger charge is -2.29. The molecule has 1 aliphatic carbocycles. The molecule has 1 aromatic carbocycles. The Morgan fingerprint density at radius 3 is 2.42 bits per heavy atom. The van der Waals surface area contributed by atoms with Gasteiger partial charge in [-0.1, -0.05) is 38.3 Å². The summed E-state index contributed by atoms with van der Waals surface area (Å²) in [5, 5.41) is 0. The van der Waals surface area contributed by atoms with E-state index in [0.29, 0.717) is 5.92 Å². The van der Waals surface area contributed by atoms with Crippen molar-refractivity contribution in [1.29, 1.82) is 0 Å². The van der Waals surface area contributed by atoms with Crippen LogP contribution < -0.4 is 10.5 Å². The summed E-state index contributed by atoms with van der Waals surface area (Å²) in [6.45, 7) is 3.68. The van der Waals surface area contributed by atoms with Gasteiger partial charge in [-0.15, -0.1) is 0 Å². The second-order valence-corrected chi connectivity index (χ2v) is 5.66. The van der Waals surface area contributed by atoms with E-state index in [4.69, 9.17) is 10.5 Å². The van der Waals surface area contributed by atoms with Crippen molar-refractivity contribution in [2.24, 2.45) is 11.7 Å². The summed E-state index contributed by atoms with van der Waals surface area (Å²) in [5.74, 6) is 2.28. The SMILES string of the molecule is CCCOc1ccc(C(CN)C2CCCCC2)cc1. The van der Waals surface area contributed by atoms with Crippen molar-refractivity contribution in [2.75, 3.05) is 13.2 Å². The Bertz CT molecular complexity index is 354. The van der Waals surface area contributed by atoms with Crippen LogP contribution in [0, 0.1) is 5.92 Å². The first kappa shape index (κ1) is 14.4. The van der Waals surface area contributed by atoms with Crippen molar-refractivity contribution in [3.8, 4) is 5.75 Å². The molecule has 19 heavy (non-hydrogen) atoms. The molecule has 0 aliphatic heterocycles. The summed E-state index contributed by atoms with van der Waals surface area (Å²) in [5.41, 5.74) is 7.41. The van der Waals surface area contributed by atoms with Crippen LogP contribution in [0.3, 0.4) is 0 Å². The third-order valence-electron chi connectivity index (χ3n) is 4.25. The van der Waals surface area contributed by atoms with Crippen LogP contribution in [0.2, 0.25) is 0 Å². The van der Waals surface area contributed by atoms with Crippen molar-refractivity contribution in [3.63, 3.8) is 0 Å². The lowest BCUT2D eigenvalue weighted by atomic mass is 9.77. The zero-order valence-corrected chi connectivity index (χ0v) is 12.1. The number of hydrogen-bond acceptors (Lipinski definition) is 2. The van der Waals surface area contributed by atoms with Crippen molar-refractivity contribution in [3.05, 3.63) is 29.8 Å². The van der Waals surface area contributed by atoms with Crippen LogP contribution in [0.25, 0.3) is 0 Å². The van der Waals surface area contributed by atoms with Crippen LogP contribution in [0.4, 0.5) is 0 Å². The van der Waals surface area contributed by atoms with Crippen LogP contribution in [-0.4, -0.2) is 13.2 Å². The predicted molar refractivity (Wildman–Crippen MR) is 80.6 cm³/mol. The van der Waals surface area contributed by atoms with Gasteiger partial charge < -0.3 is 10.5 Å². The van der Waals surface area contributed by atoms with E-state index in [0.717, 1.165) is 31.2 Å². The van der Waals surface area contributed by atoms with Gasteiger partial charge in [0.25, 0.3) is 0 Å². The lowest BCUT2D eigenvalue weighted by molar-refractivity contribution is 0.305. The smallest absolute Gasteiger partial charge is 0.119 e. The highest BCUT2D eigenvalue weighted by Crippen LogP contribution is 2.35. The molecule has 2 nitrogen and oxygen atoms in total. The first-order chi connectivity index (χ1) is 9.35. The van der Waals surface area contributed by atoms with Gasteiger partial charge in [0, 0.05) is 0 Å². The molecular weight excluding hydrogens is 234 g/mol. The Balaban J connectivity index is 2.01. The molecule has 2 N–H and O–H groups in total. The molecule has 1 unspecified atom stereocenters. The zero-order valence-electron chi connectivity index (χ0n) is 12.1. The highest BCUT2D eigenvalue weighted by Gasteiger charge is 2.23. The molecular formula is C17H27NO. The van der Waals surface area contributed by atoms with Gasteiger partial charge in [0.15, 0.2) is 0 Å². The number of hydrogen-bond donors (Lipinski definition) is 1. The van der Waals surface area contributed by atoms with Gasteiger partial charge in [0.2, 0.25) is 0 Å². The van der Waals surface area contributed by atoms with E-state index in [1.54, 1.807) is 0 Å². The third kappa shape index (κ3) is 3.97.